The van der Waals surface area contributed by atoms with Crippen molar-refractivity contribution in [3.63, 3.8) is 0 Å². The second-order valence-corrected chi connectivity index (χ2v) is 22.4. The summed E-state index contributed by atoms with van der Waals surface area (Å²) in [6.45, 7) is -1.19. The largest absolute Gasteiger partial charge is 0.508 e. The van der Waals surface area contributed by atoms with Gasteiger partial charge in [-0.25, -0.2) is 0 Å². The summed E-state index contributed by atoms with van der Waals surface area (Å²) in [5.41, 5.74) is 26.9. The number of nitrogens with one attached hydrogen (secondary N) is 10. The molecule has 2 saturated heterocycles. The van der Waals surface area contributed by atoms with Gasteiger partial charge in [-0.1, -0.05) is 63.9 Å². The monoisotopic (exact) mass is 1290 g/mol. The van der Waals surface area contributed by atoms with Crippen LogP contribution >= 0.6 is 21.6 Å². The maximum Gasteiger partial charge on any atom is 0.300 e. The average molecular weight is 1290 g/mol. The Bertz CT molecular complexity index is 3110. The van der Waals surface area contributed by atoms with E-state index in [2.05, 4.69) is 53.2 Å². The van der Waals surface area contributed by atoms with Crippen LogP contribution in [0.4, 0.5) is 0 Å². The summed E-state index contributed by atoms with van der Waals surface area (Å²) in [7, 11) is 1.60. The molecule has 2 fully saturated rings. The van der Waals surface area contributed by atoms with Gasteiger partial charge in [-0.2, -0.15) is 0 Å². The Morgan fingerprint density at radius 2 is 1.24 bits per heavy atom. The minimum Gasteiger partial charge on any atom is -0.508 e. The molecule has 14 amide bonds. The molecule has 0 bridgehead atoms. The van der Waals surface area contributed by atoms with Crippen LogP contribution in [0.1, 0.15) is 76.3 Å². The summed E-state index contributed by atoms with van der Waals surface area (Å²) < 4.78 is 42.0. The quantitative estimate of drug-likeness (QED) is 0.0324. The van der Waals surface area contributed by atoms with Gasteiger partial charge in [-0.05, 0) is 68.3 Å². The molecular weight excluding hydrogens is 1210 g/mol. The lowest BCUT2D eigenvalue weighted by Gasteiger charge is -2.31. The van der Waals surface area contributed by atoms with Crippen LogP contribution in [-0.4, -0.2) is 203 Å². The van der Waals surface area contributed by atoms with E-state index < -0.39 is 243 Å². The number of likely N-dealkylation sites (tertiary alicyclic amines) is 1. The number of amides is 14. The Kier molecular flexibility index (Phi) is 28.8. The number of carbonyl (C=O) groups excluding carboxylic acids is 14. The molecule has 89 heavy (non-hydrogen) atoms. The lowest BCUT2D eigenvalue weighted by Crippen LogP contribution is -2.61. The minimum atomic E-state index is -2.05. The van der Waals surface area contributed by atoms with Gasteiger partial charge < -0.3 is 96.9 Å². The number of aromatic hydroxyl groups is 1. The molecule has 0 unspecified atom stereocenters. The molecule has 0 aromatic heterocycles. The predicted octanol–water partition coefficient (Wildman–Crippen LogP) is -6.89. The van der Waals surface area contributed by atoms with Crippen LogP contribution in [0, 0.1) is 0 Å². The van der Waals surface area contributed by atoms with Gasteiger partial charge in [0.15, 0.2) is 0 Å². The van der Waals surface area contributed by atoms with Crippen LogP contribution < -0.4 is 81.8 Å². The van der Waals surface area contributed by atoms with Crippen LogP contribution in [0.5, 0.6) is 5.75 Å². The SMILES string of the molecule is CC(=O)O.[2H]c1c([2H])c([2H])c(C[C@H]2NC(=O)[C@H](Cc3ccc(O)cc3)NC(=O)[C@@H](NC(=O)CNC(=O)CNC(=O)CN)CSSC[C@@H](C(=O)N3CCC[C@H]3C(=O)N[C@@H](CCCCN)C(=O)NCC(N)=O)NC(=O)[C@H](CC(N)=O)NC(=O)[C@H](CCC(N)=O)NC2=O)c([2H])c1[2H]. The maximum absolute atomic E-state index is 14.9. The summed E-state index contributed by atoms with van der Waals surface area (Å²) in [6.07, 6.45) is -2.55. The van der Waals surface area contributed by atoms with Gasteiger partial charge in [-0.15, -0.1) is 0 Å². The van der Waals surface area contributed by atoms with Crippen LogP contribution in [0.2, 0.25) is 0 Å². The van der Waals surface area contributed by atoms with Crippen molar-refractivity contribution in [2.45, 2.75) is 119 Å². The van der Waals surface area contributed by atoms with E-state index in [1.807, 2.05) is 0 Å². The number of unbranched alkanes of at least 4 members (excludes halogenated alkanes) is 1. The van der Waals surface area contributed by atoms with Gasteiger partial charge >= 0.3 is 0 Å². The average Bonchev–Trinajstić information content (AvgIpc) is 0.823. The van der Waals surface area contributed by atoms with E-state index in [4.69, 9.17) is 45.4 Å². The molecule has 33 nitrogen and oxygen atoms in total. The van der Waals surface area contributed by atoms with E-state index in [1.54, 1.807) is 0 Å². The Morgan fingerprint density at radius 3 is 1.84 bits per heavy atom. The lowest BCUT2D eigenvalue weighted by atomic mass is 10.0. The minimum absolute atomic E-state index is 0.0335. The van der Waals surface area contributed by atoms with E-state index in [1.165, 1.54) is 24.3 Å². The number of nitrogens with zero attached hydrogens (tertiary/aromatic N) is 1. The van der Waals surface area contributed by atoms with Crippen LogP contribution in [0.15, 0.2) is 54.5 Å². The molecule has 4 rings (SSSR count). The van der Waals surface area contributed by atoms with E-state index in [0.717, 1.165) is 33.4 Å². The van der Waals surface area contributed by atoms with Crippen molar-refractivity contribution in [2.75, 3.05) is 50.8 Å². The zero-order chi connectivity index (χ0) is 70.5. The molecule has 0 spiro atoms. The number of rotatable bonds is 25. The highest BCUT2D eigenvalue weighted by atomic mass is 33.1. The van der Waals surface area contributed by atoms with Crippen LogP contribution in [-0.2, 0) is 84.8 Å². The fraction of sp³-hybridized carbons (Fsp3) is 0.500. The van der Waals surface area contributed by atoms with Gasteiger partial charge in [-0.3, -0.25) is 71.9 Å². The van der Waals surface area contributed by atoms with Gasteiger partial charge in [0, 0.05) is 44.2 Å². The first-order valence-electron chi connectivity index (χ1n) is 30.0. The zero-order valence-electron chi connectivity index (χ0n) is 53.3. The summed E-state index contributed by atoms with van der Waals surface area (Å²) in [5.74, 6) is -16.3. The summed E-state index contributed by atoms with van der Waals surface area (Å²) >= 11 is 0. The number of aliphatic carboxylic acids is 1. The van der Waals surface area contributed by atoms with Crippen LogP contribution in [0.3, 0.4) is 0 Å². The highest BCUT2D eigenvalue weighted by Gasteiger charge is 2.41. The van der Waals surface area contributed by atoms with Crippen molar-refractivity contribution in [3.05, 3.63) is 65.6 Å². The number of benzene rings is 2. The molecule has 35 heteroatoms. The smallest absolute Gasteiger partial charge is 0.300 e. The number of carboxylic acids is 1. The molecule has 2 heterocycles. The molecule has 22 N–H and O–H groups in total. The Morgan fingerprint density at radius 1 is 0.674 bits per heavy atom. The van der Waals surface area contributed by atoms with Crippen LogP contribution in [0.25, 0.3) is 0 Å². The number of hydrogen-bond donors (Lipinski definition) is 17. The number of nitrogens with two attached hydrogens (primary N) is 5. The Balaban J connectivity index is 0.00000559. The Hall–Kier alpha value is -9.09. The Labute approximate surface area is 525 Å². The second-order valence-electron chi connectivity index (χ2n) is 19.8. The predicted molar refractivity (Wildman–Crippen MR) is 321 cm³/mol. The summed E-state index contributed by atoms with van der Waals surface area (Å²) in [6, 6.07) is -12.6. The van der Waals surface area contributed by atoms with E-state index in [0.29, 0.717) is 12.8 Å². The van der Waals surface area contributed by atoms with Crippen molar-refractivity contribution < 1.29 is 89.0 Å². The van der Waals surface area contributed by atoms with Gasteiger partial charge in [0.25, 0.3) is 5.97 Å². The molecule has 0 saturated carbocycles. The van der Waals surface area contributed by atoms with E-state index in [-0.39, 0.29) is 43.7 Å². The van der Waals surface area contributed by atoms with Gasteiger partial charge in [0.1, 0.15) is 54.1 Å². The molecule has 8 atom stereocenters. The van der Waals surface area contributed by atoms with Crippen molar-refractivity contribution in [1.82, 2.24) is 58.1 Å². The lowest BCUT2D eigenvalue weighted by molar-refractivity contribution is -0.142. The number of primary amides is 3. The number of carboxylic acid groups (broad SMARTS) is 1. The van der Waals surface area contributed by atoms with Gasteiger partial charge in [0.2, 0.25) is 82.7 Å². The third kappa shape index (κ3) is 28.1. The molecule has 2 aliphatic rings. The standard InChI is InChI=1S/C52H74N16O15S2.C2H4O2/c53-17-5-4-9-31(45(76)60-23-41(57)72)63-51(82)38-10-6-18-68(38)52(83)37-27-85-84-26-36(61-44(75)25-59-43(74)24-58-42(73)22-54)50(81)65-34(20-29-11-13-30(69)14-12-29)48(79)64-33(19-28-7-2-1-3-8-28)47(78)62-32(15-16-39(55)70)46(77)66-35(21-40(56)71)49(80)67-37;1-2(3)4/h1-3,7-8,11-14,31-38,69H,4-6,9-10,15-27,53-54H2,(H2,55,70)(H2,56,71)(H2,57,72)(H,58,73)(H,59,74)(H,60,76)(H,61,75)(H,62,78)(H,63,82)(H,64,79)(H,65,81)(H,66,77)(H,67,80);1H3,(H,3,4)/t31-,32-,33+,34-,35-,36-,37-,38-;/m0./s1/i1D,2D,3D,7D,8D;. The molecule has 0 aliphatic carbocycles. The van der Waals surface area contributed by atoms with E-state index in [9.17, 15) is 72.2 Å². The van der Waals surface area contributed by atoms with Crippen molar-refractivity contribution in [2.24, 2.45) is 28.7 Å². The summed E-state index contributed by atoms with van der Waals surface area (Å²) in [4.78, 5) is 200. The first kappa shape index (κ1) is 65.9. The fourth-order valence-electron chi connectivity index (χ4n) is 8.35. The number of hydrogen-bond acceptors (Lipinski definition) is 20. The number of phenols is 1. The van der Waals surface area contributed by atoms with Crippen molar-refractivity contribution >= 4 is 110 Å². The molecule has 488 valence electrons. The summed E-state index contributed by atoms with van der Waals surface area (Å²) in [5, 5.41) is 41.4. The molecule has 2 aromatic rings. The maximum atomic E-state index is 14.9. The van der Waals surface area contributed by atoms with E-state index >= 15 is 0 Å². The first-order valence-corrected chi connectivity index (χ1v) is 30.0. The highest BCUT2D eigenvalue weighted by Crippen LogP contribution is 2.26. The van der Waals surface area contributed by atoms with Crippen molar-refractivity contribution in [1.29, 1.82) is 0 Å². The van der Waals surface area contributed by atoms with Gasteiger partial charge in [0.05, 0.1) is 39.5 Å². The molecule has 0 radical (unpaired) electrons. The van der Waals surface area contributed by atoms with Crippen molar-refractivity contribution in [3.8, 4) is 5.75 Å². The normalized spacial score (nSPS) is 21.3. The zero-order valence-corrected chi connectivity index (χ0v) is 50.0. The third-order valence-corrected chi connectivity index (χ3v) is 15.1. The number of phenolic OH excluding ortho intramolecular Hbond substituents is 1. The first-order chi connectivity index (χ1) is 44.3. The third-order valence-electron chi connectivity index (χ3n) is 12.7. The molecule has 2 aromatic carbocycles. The molecular formula is C54H78N16O17S2. The topological polar surface area (TPSA) is 550 Å². The second kappa shape index (κ2) is 38.9. The number of carbonyl (C=O) groups is 15. The highest BCUT2D eigenvalue weighted by molar-refractivity contribution is 8.76. The molecule has 2 aliphatic heterocycles. The fourth-order valence-corrected chi connectivity index (χ4v) is 10.7.